The van der Waals surface area contributed by atoms with Gasteiger partial charge < -0.3 is 9.88 Å². The van der Waals surface area contributed by atoms with Crippen LogP contribution in [0.1, 0.15) is 43.1 Å². The van der Waals surface area contributed by atoms with Crippen molar-refractivity contribution in [1.82, 2.24) is 9.55 Å². The molecule has 3 heteroatoms. The summed E-state index contributed by atoms with van der Waals surface area (Å²) in [7, 11) is 0. The summed E-state index contributed by atoms with van der Waals surface area (Å²) in [4.78, 5) is 4.58. The summed E-state index contributed by atoms with van der Waals surface area (Å²) in [6.07, 6.45) is 3.22. The standard InChI is InChI=1S/C16H23N3/c1-5-10-19-11-13(3)17-16(19)18-14(4)15-9-7-6-8-12(15)2/h6-9,11,14H,5,10H2,1-4H3,(H,17,18). The molecule has 0 aliphatic carbocycles. The zero-order valence-corrected chi connectivity index (χ0v) is 12.3. The molecule has 0 aliphatic heterocycles. The Hall–Kier alpha value is -1.77. The topological polar surface area (TPSA) is 29.9 Å². The van der Waals surface area contributed by atoms with Crippen molar-refractivity contribution in [2.45, 2.75) is 46.7 Å². The van der Waals surface area contributed by atoms with Crippen LogP contribution in [-0.4, -0.2) is 9.55 Å². The van der Waals surface area contributed by atoms with Crippen molar-refractivity contribution in [3.05, 3.63) is 47.3 Å². The Morgan fingerprint density at radius 1 is 1.26 bits per heavy atom. The van der Waals surface area contributed by atoms with Crippen LogP contribution in [0.15, 0.2) is 30.5 Å². The second-order valence-corrected chi connectivity index (χ2v) is 5.12. The maximum atomic E-state index is 4.58. The summed E-state index contributed by atoms with van der Waals surface area (Å²) in [6, 6.07) is 8.75. The highest BCUT2D eigenvalue weighted by atomic mass is 15.2. The molecule has 102 valence electrons. The van der Waals surface area contributed by atoms with Crippen LogP contribution in [0.3, 0.4) is 0 Å². The van der Waals surface area contributed by atoms with Crippen molar-refractivity contribution in [3.8, 4) is 0 Å². The number of nitrogens with one attached hydrogen (secondary N) is 1. The van der Waals surface area contributed by atoms with Crippen LogP contribution < -0.4 is 5.32 Å². The lowest BCUT2D eigenvalue weighted by atomic mass is 10.0. The predicted octanol–water partition coefficient (Wildman–Crippen LogP) is 4.08. The molecule has 1 heterocycles. The van der Waals surface area contributed by atoms with E-state index in [9.17, 15) is 0 Å². The third-order valence-electron chi connectivity index (χ3n) is 3.36. The number of rotatable bonds is 5. The smallest absolute Gasteiger partial charge is 0.203 e. The van der Waals surface area contributed by atoms with Crippen LogP contribution in [-0.2, 0) is 6.54 Å². The monoisotopic (exact) mass is 257 g/mol. The molecular weight excluding hydrogens is 234 g/mol. The first-order valence-corrected chi connectivity index (χ1v) is 6.97. The number of anilines is 1. The molecular formula is C16H23N3. The molecule has 3 nitrogen and oxygen atoms in total. The quantitative estimate of drug-likeness (QED) is 0.874. The first kappa shape index (κ1) is 13.7. The van der Waals surface area contributed by atoms with Crippen LogP contribution in [0, 0.1) is 13.8 Å². The molecule has 1 N–H and O–H groups in total. The lowest BCUT2D eigenvalue weighted by molar-refractivity contribution is 0.674. The Balaban J connectivity index is 2.19. The lowest BCUT2D eigenvalue weighted by Gasteiger charge is -2.18. The molecule has 0 radical (unpaired) electrons. The number of aromatic nitrogens is 2. The van der Waals surface area contributed by atoms with E-state index in [1.807, 2.05) is 6.92 Å². The normalized spacial score (nSPS) is 12.4. The molecule has 1 aromatic carbocycles. The fraction of sp³-hybridized carbons (Fsp3) is 0.438. The van der Waals surface area contributed by atoms with Gasteiger partial charge in [-0.05, 0) is 38.3 Å². The minimum absolute atomic E-state index is 0.263. The van der Waals surface area contributed by atoms with Crippen molar-refractivity contribution in [1.29, 1.82) is 0 Å². The number of hydrogen-bond donors (Lipinski definition) is 1. The van der Waals surface area contributed by atoms with E-state index in [2.05, 4.69) is 66.1 Å². The Bertz CT molecular complexity index is 543. The van der Waals surface area contributed by atoms with Gasteiger partial charge in [-0.25, -0.2) is 4.98 Å². The van der Waals surface area contributed by atoms with Crippen LogP contribution in [0.4, 0.5) is 5.95 Å². The van der Waals surface area contributed by atoms with Crippen LogP contribution in [0.2, 0.25) is 0 Å². The summed E-state index contributed by atoms with van der Waals surface area (Å²) in [5.41, 5.74) is 3.70. The molecule has 2 rings (SSSR count). The molecule has 0 aliphatic rings. The molecule has 0 amide bonds. The van der Waals surface area contributed by atoms with E-state index in [4.69, 9.17) is 0 Å². The average Bonchev–Trinajstić information content (AvgIpc) is 2.70. The summed E-state index contributed by atoms with van der Waals surface area (Å²) in [5.74, 6) is 0.968. The molecule has 0 spiro atoms. The summed E-state index contributed by atoms with van der Waals surface area (Å²) >= 11 is 0. The zero-order valence-electron chi connectivity index (χ0n) is 12.3. The van der Waals surface area contributed by atoms with E-state index in [0.717, 1.165) is 24.6 Å². The minimum atomic E-state index is 0.263. The Morgan fingerprint density at radius 2 is 2.00 bits per heavy atom. The first-order chi connectivity index (χ1) is 9.11. The first-order valence-electron chi connectivity index (χ1n) is 6.97. The number of benzene rings is 1. The molecule has 1 unspecified atom stereocenters. The highest BCUT2D eigenvalue weighted by molar-refractivity contribution is 5.37. The molecule has 0 saturated heterocycles. The number of nitrogens with zero attached hydrogens (tertiary/aromatic N) is 2. The van der Waals surface area contributed by atoms with Gasteiger partial charge in [0.05, 0.1) is 11.7 Å². The average molecular weight is 257 g/mol. The molecule has 0 saturated carbocycles. The van der Waals surface area contributed by atoms with Gasteiger partial charge in [-0.15, -0.1) is 0 Å². The fourth-order valence-corrected chi connectivity index (χ4v) is 2.42. The minimum Gasteiger partial charge on any atom is -0.349 e. The number of aryl methyl sites for hydroxylation is 3. The summed E-state index contributed by atoms with van der Waals surface area (Å²) in [5, 5.41) is 3.53. The van der Waals surface area contributed by atoms with Gasteiger partial charge >= 0.3 is 0 Å². The van der Waals surface area contributed by atoms with Crippen molar-refractivity contribution in [2.75, 3.05) is 5.32 Å². The van der Waals surface area contributed by atoms with E-state index in [1.165, 1.54) is 11.1 Å². The number of hydrogen-bond acceptors (Lipinski definition) is 2. The Labute approximate surface area is 115 Å². The van der Waals surface area contributed by atoms with Crippen molar-refractivity contribution >= 4 is 5.95 Å². The Morgan fingerprint density at radius 3 is 2.68 bits per heavy atom. The largest absolute Gasteiger partial charge is 0.349 e. The van der Waals surface area contributed by atoms with Crippen molar-refractivity contribution in [3.63, 3.8) is 0 Å². The van der Waals surface area contributed by atoms with Gasteiger partial charge in [0.2, 0.25) is 5.95 Å². The predicted molar refractivity (Wildman–Crippen MR) is 80.5 cm³/mol. The van der Waals surface area contributed by atoms with Crippen molar-refractivity contribution < 1.29 is 0 Å². The van der Waals surface area contributed by atoms with Crippen LogP contribution in [0.25, 0.3) is 0 Å². The maximum absolute atomic E-state index is 4.58. The lowest BCUT2D eigenvalue weighted by Crippen LogP contribution is -2.12. The van der Waals surface area contributed by atoms with Gasteiger partial charge in [0.25, 0.3) is 0 Å². The molecule has 1 atom stereocenters. The van der Waals surface area contributed by atoms with E-state index in [0.29, 0.717) is 0 Å². The molecule has 19 heavy (non-hydrogen) atoms. The number of imidazole rings is 1. The summed E-state index contributed by atoms with van der Waals surface area (Å²) < 4.78 is 2.20. The van der Waals surface area contributed by atoms with Gasteiger partial charge in [-0.1, -0.05) is 31.2 Å². The molecule has 1 aromatic heterocycles. The van der Waals surface area contributed by atoms with Crippen LogP contribution in [0.5, 0.6) is 0 Å². The van der Waals surface area contributed by atoms with Gasteiger partial charge in [0.15, 0.2) is 0 Å². The molecule has 0 fully saturated rings. The highest BCUT2D eigenvalue weighted by Crippen LogP contribution is 2.21. The highest BCUT2D eigenvalue weighted by Gasteiger charge is 2.11. The molecule has 0 bridgehead atoms. The van der Waals surface area contributed by atoms with E-state index >= 15 is 0 Å². The second-order valence-electron chi connectivity index (χ2n) is 5.12. The third kappa shape index (κ3) is 3.16. The van der Waals surface area contributed by atoms with E-state index in [1.54, 1.807) is 0 Å². The summed E-state index contributed by atoms with van der Waals surface area (Å²) in [6.45, 7) is 9.56. The van der Waals surface area contributed by atoms with Gasteiger partial charge in [0, 0.05) is 12.7 Å². The Kier molecular flexibility index (Phi) is 4.25. The zero-order chi connectivity index (χ0) is 13.8. The van der Waals surface area contributed by atoms with E-state index in [-0.39, 0.29) is 6.04 Å². The third-order valence-corrected chi connectivity index (χ3v) is 3.36. The maximum Gasteiger partial charge on any atom is 0.203 e. The molecule has 2 aromatic rings. The van der Waals surface area contributed by atoms with Gasteiger partial charge in [-0.2, -0.15) is 0 Å². The van der Waals surface area contributed by atoms with Crippen molar-refractivity contribution in [2.24, 2.45) is 0 Å². The fourth-order valence-electron chi connectivity index (χ4n) is 2.42. The van der Waals surface area contributed by atoms with Crippen LogP contribution >= 0.6 is 0 Å². The van der Waals surface area contributed by atoms with E-state index < -0.39 is 0 Å². The second kappa shape index (κ2) is 5.91. The SMILES string of the molecule is CCCn1cc(C)nc1NC(C)c1ccccc1C. The van der Waals surface area contributed by atoms with Gasteiger partial charge in [-0.3, -0.25) is 0 Å². The van der Waals surface area contributed by atoms with Gasteiger partial charge in [0.1, 0.15) is 0 Å².